The molecule has 4 aromatic rings. The van der Waals surface area contributed by atoms with Crippen LogP contribution in [0.25, 0.3) is 22.6 Å². The first kappa shape index (κ1) is 18.4. The number of nitro groups is 1. The van der Waals surface area contributed by atoms with Crippen molar-refractivity contribution in [3.63, 3.8) is 0 Å². The Balaban J connectivity index is 1.62. The van der Waals surface area contributed by atoms with Crippen molar-refractivity contribution in [1.82, 2.24) is 4.98 Å². The molecule has 0 saturated carbocycles. The summed E-state index contributed by atoms with van der Waals surface area (Å²) >= 11 is 0. The van der Waals surface area contributed by atoms with E-state index in [4.69, 9.17) is 4.42 Å². The fourth-order valence-electron chi connectivity index (χ4n) is 2.97. The number of aromatic nitrogens is 1. The second kappa shape index (κ2) is 7.20. The lowest BCUT2D eigenvalue weighted by molar-refractivity contribution is -0.384. The number of nitrogens with zero attached hydrogens (tertiary/aromatic N) is 2. The van der Waals surface area contributed by atoms with Gasteiger partial charge in [-0.05, 0) is 61.4 Å². The molecule has 0 aliphatic carbocycles. The Labute approximate surface area is 166 Å². The summed E-state index contributed by atoms with van der Waals surface area (Å²) in [6.45, 7) is 3.87. The van der Waals surface area contributed by atoms with Crippen molar-refractivity contribution in [3.05, 3.63) is 87.5 Å². The van der Waals surface area contributed by atoms with Gasteiger partial charge in [-0.1, -0.05) is 12.1 Å². The van der Waals surface area contributed by atoms with Gasteiger partial charge in [0.15, 0.2) is 5.58 Å². The molecule has 0 unspecified atom stereocenters. The summed E-state index contributed by atoms with van der Waals surface area (Å²) in [5.74, 6) is 0.116. The fourth-order valence-corrected chi connectivity index (χ4v) is 2.97. The quantitative estimate of drug-likeness (QED) is 0.380. The van der Waals surface area contributed by atoms with Crippen LogP contribution in [-0.2, 0) is 0 Å². The van der Waals surface area contributed by atoms with E-state index in [0.717, 1.165) is 22.2 Å². The van der Waals surface area contributed by atoms with E-state index in [1.807, 2.05) is 44.2 Å². The summed E-state index contributed by atoms with van der Waals surface area (Å²) in [7, 11) is 0. The molecule has 7 nitrogen and oxygen atoms in total. The standard InChI is InChI=1S/C22H17N3O4/c1-13-3-10-18-20(11-13)29-22(24-18)16-5-4-14(2)19(12-16)23-21(26)15-6-8-17(9-7-15)25(27)28/h3-12H,1-2H3,(H,23,26). The first-order chi connectivity index (χ1) is 13.9. The third kappa shape index (κ3) is 3.70. The number of amides is 1. The van der Waals surface area contributed by atoms with Gasteiger partial charge in [-0.2, -0.15) is 0 Å². The summed E-state index contributed by atoms with van der Waals surface area (Å²) in [5, 5.41) is 13.6. The number of aryl methyl sites for hydroxylation is 2. The minimum absolute atomic E-state index is 0.0640. The van der Waals surface area contributed by atoms with Crippen LogP contribution in [0.3, 0.4) is 0 Å². The summed E-state index contributed by atoms with van der Waals surface area (Å²) in [4.78, 5) is 27.3. The highest BCUT2D eigenvalue weighted by atomic mass is 16.6. The summed E-state index contributed by atoms with van der Waals surface area (Å²) in [6.07, 6.45) is 0. The lowest BCUT2D eigenvalue weighted by Crippen LogP contribution is -2.12. The highest BCUT2D eigenvalue weighted by molar-refractivity contribution is 6.05. The Kier molecular flexibility index (Phi) is 4.56. The number of oxazole rings is 1. The van der Waals surface area contributed by atoms with E-state index < -0.39 is 4.92 Å². The molecule has 3 aromatic carbocycles. The Morgan fingerprint density at radius 3 is 2.52 bits per heavy atom. The predicted octanol–water partition coefficient (Wildman–Crippen LogP) is 5.27. The number of carbonyl (C=O) groups excluding carboxylic acids is 1. The SMILES string of the molecule is Cc1ccc2nc(-c3ccc(C)c(NC(=O)c4ccc([N+](=O)[O-])cc4)c3)oc2c1. The Bertz CT molecular complexity index is 1240. The minimum Gasteiger partial charge on any atom is -0.436 e. The maximum atomic E-state index is 12.6. The Hall–Kier alpha value is -4.00. The molecule has 0 saturated heterocycles. The Morgan fingerprint density at radius 2 is 1.79 bits per heavy atom. The molecule has 144 valence electrons. The molecule has 1 aromatic heterocycles. The number of anilines is 1. The van der Waals surface area contributed by atoms with Crippen LogP contribution in [0.5, 0.6) is 0 Å². The zero-order chi connectivity index (χ0) is 20.5. The van der Waals surface area contributed by atoms with Gasteiger partial charge < -0.3 is 9.73 Å². The van der Waals surface area contributed by atoms with Crippen LogP contribution < -0.4 is 5.32 Å². The number of rotatable bonds is 4. The van der Waals surface area contributed by atoms with E-state index in [2.05, 4.69) is 10.3 Å². The van der Waals surface area contributed by atoms with Crippen molar-refractivity contribution in [3.8, 4) is 11.5 Å². The van der Waals surface area contributed by atoms with Gasteiger partial charge in [0.05, 0.1) is 4.92 Å². The largest absolute Gasteiger partial charge is 0.436 e. The van der Waals surface area contributed by atoms with Gasteiger partial charge in [0, 0.05) is 28.9 Å². The molecule has 29 heavy (non-hydrogen) atoms. The number of nitrogens with one attached hydrogen (secondary N) is 1. The van der Waals surface area contributed by atoms with Crippen molar-refractivity contribution >= 4 is 28.4 Å². The number of hydrogen-bond donors (Lipinski definition) is 1. The van der Waals surface area contributed by atoms with Crippen molar-refractivity contribution in [2.24, 2.45) is 0 Å². The summed E-state index contributed by atoms with van der Waals surface area (Å²) < 4.78 is 5.87. The number of carbonyl (C=O) groups is 1. The average Bonchev–Trinajstić information content (AvgIpc) is 3.12. The minimum atomic E-state index is -0.503. The number of nitro benzene ring substituents is 1. The van der Waals surface area contributed by atoms with E-state index >= 15 is 0 Å². The molecular formula is C22H17N3O4. The molecule has 0 bridgehead atoms. The first-order valence-electron chi connectivity index (χ1n) is 8.95. The van der Waals surface area contributed by atoms with Crippen LogP contribution in [-0.4, -0.2) is 15.8 Å². The monoisotopic (exact) mass is 387 g/mol. The lowest BCUT2D eigenvalue weighted by atomic mass is 10.1. The molecule has 7 heteroatoms. The average molecular weight is 387 g/mol. The number of fused-ring (bicyclic) bond motifs is 1. The molecule has 0 fully saturated rings. The van der Waals surface area contributed by atoms with E-state index in [0.29, 0.717) is 22.7 Å². The third-order valence-corrected chi connectivity index (χ3v) is 4.62. The molecular weight excluding hydrogens is 370 g/mol. The van der Waals surface area contributed by atoms with Gasteiger partial charge in [-0.3, -0.25) is 14.9 Å². The van der Waals surface area contributed by atoms with Gasteiger partial charge in [0.25, 0.3) is 11.6 Å². The fraction of sp³-hybridized carbons (Fsp3) is 0.0909. The smallest absolute Gasteiger partial charge is 0.269 e. The molecule has 0 spiro atoms. The third-order valence-electron chi connectivity index (χ3n) is 4.62. The second-order valence-electron chi connectivity index (χ2n) is 6.78. The van der Waals surface area contributed by atoms with E-state index in [9.17, 15) is 14.9 Å². The molecule has 0 aliphatic heterocycles. The van der Waals surface area contributed by atoms with Crippen molar-refractivity contribution in [2.45, 2.75) is 13.8 Å². The van der Waals surface area contributed by atoms with Crippen LogP contribution in [0.15, 0.2) is 65.1 Å². The molecule has 0 radical (unpaired) electrons. The number of hydrogen-bond acceptors (Lipinski definition) is 5. The lowest BCUT2D eigenvalue weighted by Gasteiger charge is -2.09. The Morgan fingerprint density at radius 1 is 1.03 bits per heavy atom. The normalized spacial score (nSPS) is 10.8. The van der Waals surface area contributed by atoms with Gasteiger partial charge in [-0.15, -0.1) is 0 Å². The van der Waals surface area contributed by atoms with Crippen molar-refractivity contribution in [1.29, 1.82) is 0 Å². The van der Waals surface area contributed by atoms with E-state index in [1.165, 1.54) is 24.3 Å². The highest BCUT2D eigenvalue weighted by Crippen LogP contribution is 2.28. The summed E-state index contributed by atoms with van der Waals surface area (Å²) in [5.41, 5.74) is 5.05. The van der Waals surface area contributed by atoms with Crippen molar-refractivity contribution in [2.75, 3.05) is 5.32 Å². The van der Waals surface area contributed by atoms with Crippen LogP contribution >= 0.6 is 0 Å². The predicted molar refractivity (Wildman–Crippen MR) is 110 cm³/mol. The van der Waals surface area contributed by atoms with E-state index in [-0.39, 0.29) is 11.6 Å². The van der Waals surface area contributed by atoms with Crippen LogP contribution in [0, 0.1) is 24.0 Å². The van der Waals surface area contributed by atoms with Crippen LogP contribution in [0.4, 0.5) is 11.4 Å². The number of benzene rings is 3. The molecule has 0 aliphatic rings. The topological polar surface area (TPSA) is 98.3 Å². The van der Waals surface area contributed by atoms with Gasteiger partial charge >= 0.3 is 0 Å². The zero-order valence-corrected chi connectivity index (χ0v) is 15.8. The highest BCUT2D eigenvalue weighted by Gasteiger charge is 2.14. The zero-order valence-electron chi connectivity index (χ0n) is 15.8. The second-order valence-corrected chi connectivity index (χ2v) is 6.78. The van der Waals surface area contributed by atoms with Crippen molar-refractivity contribution < 1.29 is 14.1 Å². The van der Waals surface area contributed by atoms with E-state index in [1.54, 1.807) is 6.07 Å². The molecule has 1 N–H and O–H groups in total. The molecule has 4 rings (SSSR count). The van der Waals surface area contributed by atoms with Crippen LogP contribution in [0.1, 0.15) is 21.5 Å². The molecule has 1 amide bonds. The van der Waals surface area contributed by atoms with Gasteiger partial charge in [-0.25, -0.2) is 4.98 Å². The maximum absolute atomic E-state index is 12.6. The summed E-state index contributed by atoms with van der Waals surface area (Å²) in [6, 6.07) is 16.8. The molecule has 1 heterocycles. The maximum Gasteiger partial charge on any atom is 0.269 e. The molecule has 0 atom stereocenters. The first-order valence-corrected chi connectivity index (χ1v) is 8.95. The van der Waals surface area contributed by atoms with Crippen LogP contribution in [0.2, 0.25) is 0 Å². The van der Waals surface area contributed by atoms with Gasteiger partial charge in [0.2, 0.25) is 5.89 Å². The number of non-ortho nitro benzene ring substituents is 1. The van der Waals surface area contributed by atoms with Gasteiger partial charge in [0.1, 0.15) is 5.52 Å².